The molecule has 2 heteroatoms. The maximum Gasteiger partial charge on any atom is 0.139 e. The third-order valence-corrected chi connectivity index (χ3v) is 5.14. The Hall–Kier alpha value is -0.660. The Labute approximate surface area is 91.4 Å². The summed E-state index contributed by atoms with van der Waals surface area (Å²) in [7, 11) is 0. The van der Waals surface area contributed by atoms with Crippen molar-refractivity contribution in [2.24, 2.45) is 16.7 Å². The molecule has 0 aromatic heterocycles. The number of hydrogen-bond donors (Lipinski definition) is 0. The Balaban J connectivity index is 2.35. The Kier molecular flexibility index (Phi) is 2.29. The Bertz CT molecular complexity index is 316. The minimum absolute atomic E-state index is 0.0518. The van der Waals surface area contributed by atoms with E-state index < -0.39 is 0 Å². The van der Waals surface area contributed by atoms with Gasteiger partial charge in [0.2, 0.25) is 0 Å². The molecule has 0 aromatic carbocycles. The molecule has 0 radical (unpaired) electrons. The van der Waals surface area contributed by atoms with E-state index in [0.29, 0.717) is 36.7 Å². The zero-order valence-corrected chi connectivity index (χ0v) is 9.93. The smallest absolute Gasteiger partial charge is 0.139 e. The van der Waals surface area contributed by atoms with Crippen molar-refractivity contribution in [1.82, 2.24) is 0 Å². The fourth-order valence-electron chi connectivity index (χ4n) is 3.39. The lowest BCUT2D eigenvalue weighted by molar-refractivity contribution is -0.151. The van der Waals surface area contributed by atoms with Crippen LogP contribution in [0, 0.1) is 16.7 Å². The third kappa shape index (κ3) is 1.37. The lowest BCUT2D eigenvalue weighted by atomic mass is 9.49. The van der Waals surface area contributed by atoms with E-state index in [-0.39, 0.29) is 10.8 Å². The van der Waals surface area contributed by atoms with Crippen molar-refractivity contribution < 1.29 is 9.59 Å². The van der Waals surface area contributed by atoms with Crippen LogP contribution in [-0.4, -0.2) is 11.6 Å². The predicted molar refractivity (Wildman–Crippen MR) is 58.5 cm³/mol. The van der Waals surface area contributed by atoms with Crippen LogP contribution in [0.15, 0.2) is 0 Å². The molecule has 2 aliphatic rings. The molecule has 0 N–H and O–H groups in total. The van der Waals surface area contributed by atoms with Gasteiger partial charge in [-0.05, 0) is 24.2 Å². The minimum Gasteiger partial charge on any atom is -0.300 e. The van der Waals surface area contributed by atoms with Gasteiger partial charge in [0.25, 0.3) is 0 Å². The van der Waals surface area contributed by atoms with Crippen molar-refractivity contribution in [2.75, 3.05) is 0 Å². The van der Waals surface area contributed by atoms with Gasteiger partial charge in [-0.2, -0.15) is 0 Å². The van der Waals surface area contributed by atoms with Gasteiger partial charge in [0.1, 0.15) is 11.6 Å². The zero-order chi connectivity index (χ0) is 11.3. The van der Waals surface area contributed by atoms with Crippen LogP contribution in [0.4, 0.5) is 0 Å². The summed E-state index contributed by atoms with van der Waals surface area (Å²) in [5, 5.41) is 0. The molecule has 2 rings (SSSR count). The molecular weight excluding hydrogens is 188 g/mol. The van der Waals surface area contributed by atoms with Crippen LogP contribution in [0.2, 0.25) is 0 Å². The molecule has 0 unspecified atom stereocenters. The van der Waals surface area contributed by atoms with Crippen LogP contribution in [0.3, 0.4) is 0 Å². The average molecular weight is 208 g/mol. The highest BCUT2D eigenvalue weighted by Crippen LogP contribution is 2.57. The van der Waals surface area contributed by atoms with Gasteiger partial charge in [-0.3, -0.25) is 9.59 Å². The number of carbonyl (C=O) groups excluding carboxylic acids is 2. The van der Waals surface area contributed by atoms with E-state index in [2.05, 4.69) is 20.8 Å². The first-order valence-electron chi connectivity index (χ1n) is 5.93. The number of fused-ring (bicyclic) bond motifs is 1. The second-order valence-electron chi connectivity index (χ2n) is 5.94. The van der Waals surface area contributed by atoms with Crippen molar-refractivity contribution in [3.05, 3.63) is 0 Å². The Morgan fingerprint density at radius 2 is 1.80 bits per heavy atom. The van der Waals surface area contributed by atoms with E-state index in [1.54, 1.807) is 0 Å². The molecule has 2 saturated carbocycles. The van der Waals surface area contributed by atoms with Gasteiger partial charge in [0.15, 0.2) is 0 Å². The fourth-order valence-corrected chi connectivity index (χ4v) is 3.39. The van der Waals surface area contributed by atoms with Crippen molar-refractivity contribution in [1.29, 1.82) is 0 Å². The molecule has 2 atom stereocenters. The largest absolute Gasteiger partial charge is 0.300 e. The Morgan fingerprint density at radius 1 is 1.13 bits per heavy atom. The molecule has 0 aliphatic heterocycles. The summed E-state index contributed by atoms with van der Waals surface area (Å²) in [6.07, 6.45) is 3.86. The van der Waals surface area contributed by atoms with Gasteiger partial charge in [0, 0.05) is 24.7 Å². The standard InChI is InChI=1S/C13H20O2/c1-12(2)11(15)5-4-9-8-10(14)6-7-13(9,12)3/h9H,4-8H2,1-3H3/t9-,13+/m1/s1. The number of ketones is 2. The molecule has 2 aliphatic carbocycles. The topological polar surface area (TPSA) is 34.1 Å². The van der Waals surface area contributed by atoms with Crippen LogP contribution in [0.25, 0.3) is 0 Å². The number of hydrogen-bond acceptors (Lipinski definition) is 2. The van der Waals surface area contributed by atoms with E-state index in [1.165, 1.54) is 0 Å². The van der Waals surface area contributed by atoms with Crippen LogP contribution in [-0.2, 0) is 9.59 Å². The molecular formula is C13H20O2. The van der Waals surface area contributed by atoms with Crippen LogP contribution >= 0.6 is 0 Å². The van der Waals surface area contributed by atoms with E-state index >= 15 is 0 Å². The summed E-state index contributed by atoms with van der Waals surface area (Å²) in [6, 6.07) is 0. The molecule has 84 valence electrons. The summed E-state index contributed by atoms with van der Waals surface area (Å²) in [5.41, 5.74) is -0.188. The van der Waals surface area contributed by atoms with E-state index in [9.17, 15) is 9.59 Å². The summed E-state index contributed by atoms with van der Waals surface area (Å²) >= 11 is 0. The number of Topliss-reactive ketones (excluding diaryl/α,β-unsaturated/α-hetero) is 2. The van der Waals surface area contributed by atoms with Crippen molar-refractivity contribution in [2.45, 2.75) is 52.9 Å². The quantitative estimate of drug-likeness (QED) is 0.613. The number of rotatable bonds is 0. The summed E-state index contributed by atoms with van der Waals surface area (Å²) in [6.45, 7) is 6.34. The minimum atomic E-state index is -0.239. The first-order valence-corrected chi connectivity index (χ1v) is 5.93. The summed E-state index contributed by atoms with van der Waals surface area (Å²) in [4.78, 5) is 23.4. The van der Waals surface area contributed by atoms with E-state index in [1.807, 2.05) is 0 Å². The Morgan fingerprint density at radius 3 is 2.47 bits per heavy atom. The highest BCUT2D eigenvalue weighted by atomic mass is 16.1. The normalized spacial score (nSPS) is 40.1. The summed E-state index contributed by atoms with van der Waals surface area (Å²) in [5.74, 6) is 1.21. The fraction of sp³-hybridized carbons (Fsp3) is 0.846. The first-order chi connectivity index (χ1) is 6.88. The molecule has 15 heavy (non-hydrogen) atoms. The van der Waals surface area contributed by atoms with Gasteiger partial charge >= 0.3 is 0 Å². The lowest BCUT2D eigenvalue weighted by Crippen LogP contribution is -2.52. The second-order valence-corrected chi connectivity index (χ2v) is 5.94. The second kappa shape index (κ2) is 3.16. The van der Waals surface area contributed by atoms with Crippen LogP contribution in [0.1, 0.15) is 52.9 Å². The summed E-state index contributed by atoms with van der Waals surface area (Å²) < 4.78 is 0. The predicted octanol–water partition coefficient (Wildman–Crippen LogP) is 2.75. The zero-order valence-electron chi connectivity index (χ0n) is 9.93. The third-order valence-electron chi connectivity index (χ3n) is 5.14. The molecule has 0 spiro atoms. The highest BCUT2D eigenvalue weighted by Gasteiger charge is 2.55. The SMILES string of the molecule is CC1(C)C(=O)CC[C@@H]2CC(=O)CC[C@@]21C. The molecule has 0 bridgehead atoms. The number of carbonyl (C=O) groups is 2. The van der Waals surface area contributed by atoms with Crippen molar-refractivity contribution in [3.8, 4) is 0 Å². The van der Waals surface area contributed by atoms with E-state index in [0.717, 1.165) is 12.8 Å². The molecule has 0 amide bonds. The van der Waals surface area contributed by atoms with Crippen LogP contribution < -0.4 is 0 Å². The monoisotopic (exact) mass is 208 g/mol. The van der Waals surface area contributed by atoms with Gasteiger partial charge in [-0.15, -0.1) is 0 Å². The molecule has 2 fully saturated rings. The van der Waals surface area contributed by atoms with Crippen molar-refractivity contribution in [3.63, 3.8) is 0 Å². The maximum atomic E-state index is 12.0. The highest BCUT2D eigenvalue weighted by molar-refractivity contribution is 5.87. The lowest BCUT2D eigenvalue weighted by Gasteiger charge is -2.54. The van der Waals surface area contributed by atoms with Crippen molar-refractivity contribution >= 4 is 11.6 Å². The molecule has 0 saturated heterocycles. The molecule has 0 heterocycles. The molecule has 0 aromatic rings. The van der Waals surface area contributed by atoms with Gasteiger partial charge in [-0.1, -0.05) is 20.8 Å². The van der Waals surface area contributed by atoms with E-state index in [4.69, 9.17) is 0 Å². The average Bonchev–Trinajstić information content (AvgIpc) is 2.17. The maximum absolute atomic E-state index is 12.0. The first kappa shape index (κ1) is 10.8. The molecule has 2 nitrogen and oxygen atoms in total. The van der Waals surface area contributed by atoms with Gasteiger partial charge < -0.3 is 0 Å². The van der Waals surface area contributed by atoms with Gasteiger partial charge in [0.05, 0.1) is 0 Å². The van der Waals surface area contributed by atoms with Gasteiger partial charge in [-0.25, -0.2) is 0 Å². The van der Waals surface area contributed by atoms with Crippen LogP contribution in [0.5, 0.6) is 0 Å².